The van der Waals surface area contributed by atoms with E-state index in [2.05, 4.69) is 15.4 Å². The zero-order valence-electron chi connectivity index (χ0n) is 13.6. The van der Waals surface area contributed by atoms with Crippen LogP contribution >= 0.6 is 0 Å². The minimum Gasteiger partial charge on any atom is -0.480 e. The Morgan fingerprint density at radius 3 is 2.32 bits per heavy atom. The number of methoxy groups -OCH3 is 1. The molecule has 2 rings (SSSR count). The van der Waals surface area contributed by atoms with Gasteiger partial charge in [-0.05, 0) is 17.7 Å². The van der Waals surface area contributed by atoms with Crippen molar-refractivity contribution < 1.29 is 24.2 Å². The molecule has 25 heavy (non-hydrogen) atoms. The topological polar surface area (TPSA) is 105 Å². The second kappa shape index (κ2) is 8.49. The van der Waals surface area contributed by atoms with Crippen LogP contribution < -0.4 is 10.6 Å². The van der Waals surface area contributed by atoms with Crippen LogP contribution in [-0.2, 0) is 16.0 Å². The fraction of sp³-hybridized carbons (Fsp3) is 0.167. The largest absolute Gasteiger partial charge is 0.480 e. The van der Waals surface area contributed by atoms with E-state index in [4.69, 9.17) is 0 Å². The summed E-state index contributed by atoms with van der Waals surface area (Å²) in [6.07, 6.45) is 0.141. The van der Waals surface area contributed by atoms with E-state index in [9.17, 15) is 19.5 Å². The molecule has 1 atom stereocenters. The minimum absolute atomic E-state index is 0.141. The Labute approximate surface area is 144 Å². The molecule has 130 valence electrons. The number of urea groups is 1. The normalized spacial score (nSPS) is 11.2. The molecule has 0 aliphatic heterocycles. The van der Waals surface area contributed by atoms with Crippen molar-refractivity contribution in [2.45, 2.75) is 12.5 Å². The van der Waals surface area contributed by atoms with E-state index in [0.717, 1.165) is 5.56 Å². The number of hydrogen-bond acceptors (Lipinski definition) is 4. The van der Waals surface area contributed by atoms with Gasteiger partial charge in [-0.2, -0.15) is 0 Å². The highest BCUT2D eigenvalue weighted by Gasteiger charge is 2.21. The molecule has 0 saturated heterocycles. The fourth-order valence-corrected chi connectivity index (χ4v) is 2.25. The SMILES string of the molecule is COC(=O)c1ccccc1NC(=O)NC(Cc1ccccc1)C(=O)O. The summed E-state index contributed by atoms with van der Waals surface area (Å²) in [5, 5.41) is 14.2. The van der Waals surface area contributed by atoms with Crippen molar-refractivity contribution in [1.29, 1.82) is 0 Å². The molecule has 0 saturated carbocycles. The number of nitrogens with one attached hydrogen (secondary N) is 2. The van der Waals surface area contributed by atoms with Gasteiger partial charge in [0.1, 0.15) is 6.04 Å². The van der Waals surface area contributed by atoms with Gasteiger partial charge in [-0.3, -0.25) is 0 Å². The molecule has 0 bridgehead atoms. The van der Waals surface area contributed by atoms with E-state index >= 15 is 0 Å². The minimum atomic E-state index is -1.15. The smallest absolute Gasteiger partial charge is 0.339 e. The molecule has 0 fully saturated rings. The first-order valence-electron chi connectivity index (χ1n) is 7.53. The molecular weight excluding hydrogens is 324 g/mol. The van der Waals surface area contributed by atoms with E-state index in [-0.39, 0.29) is 17.7 Å². The molecule has 7 nitrogen and oxygen atoms in total. The molecule has 2 amide bonds. The summed E-state index contributed by atoms with van der Waals surface area (Å²) in [5.74, 6) is -1.75. The first kappa shape index (κ1) is 18.0. The summed E-state index contributed by atoms with van der Waals surface area (Å²) < 4.78 is 4.65. The number of carboxylic acid groups (broad SMARTS) is 1. The van der Waals surface area contributed by atoms with Gasteiger partial charge in [0.15, 0.2) is 0 Å². The average molecular weight is 342 g/mol. The summed E-state index contributed by atoms with van der Waals surface area (Å²) in [4.78, 5) is 35.2. The number of carbonyl (C=O) groups is 3. The third-order valence-corrected chi connectivity index (χ3v) is 3.47. The van der Waals surface area contributed by atoms with Gasteiger partial charge in [-0.15, -0.1) is 0 Å². The maximum Gasteiger partial charge on any atom is 0.339 e. The number of hydrogen-bond donors (Lipinski definition) is 3. The van der Waals surface area contributed by atoms with Crippen molar-refractivity contribution >= 4 is 23.7 Å². The van der Waals surface area contributed by atoms with Crippen LogP contribution in [0, 0.1) is 0 Å². The summed E-state index contributed by atoms with van der Waals surface area (Å²) in [6.45, 7) is 0. The molecule has 0 aliphatic rings. The number of benzene rings is 2. The molecule has 0 aliphatic carbocycles. The van der Waals surface area contributed by atoms with Gasteiger partial charge >= 0.3 is 18.0 Å². The second-order valence-electron chi connectivity index (χ2n) is 5.22. The zero-order valence-corrected chi connectivity index (χ0v) is 13.6. The van der Waals surface area contributed by atoms with Gasteiger partial charge < -0.3 is 20.5 Å². The molecule has 0 radical (unpaired) electrons. The predicted molar refractivity (Wildman–Crippen MR) is 91.5 cm³/mol. The van der Waals surface area contributed by atoms with Gasteiger partial charge in [-0.25, -0.2) is 14.4 Å². The van der Waals surface area contributed by atoms with Crippen molar-refractivity contribution in [3.63, 3.8) is 0 Å². The van der Waals surface area contributed by atoms with Crippen molar-refractivity contribution in [2.24, 2.45) is 0 Å². The van der Waals surface area contributed by atoms with Crippen LogP contribution in [0.15, 0.2) is 54.6 Å². The lowest BCUT2D eigenvalue weighted by Gasteiger charge is -2.16. The van der Waals surface area contributed by atoms with Gasteiger partial charge in [0.05, 0.1) is 18.4 Å². The Morgan fingerprint density at radius 1 is 1.04 bits per heavy atom. The Balaban J connectivity index is 2.07. The Bertz CT molecular complexity index is 761. The van der Waals surface area contributed by atoms with Crippen molar-refractivity contribution in [1.82, 2.24) is 5.32 Å². The Kier molecular flexibility index (Phi) is 6.11. The number of esters is 1. The zero-order chi connectivity index (χ0) is 18.2. The molecule has 0 heterocycles. The second-order valence-corrected chi connectivity index (χ2v) is 5.22. The third-order valence-electron chi connectivity index (χ3n) is 3.47. The van der Waals surface area contributed by atoms with E-state index in [1.165, 1.54) is 19.2 Å². The first-order valence-corrected chi connectivity index (χ1v) is 7.53. The molecule has 0 spiro atoms. The van der Waals surface area contributed by atoms with Gasteiger partial charge in [0.2, 0.25) is 0 Å². The number of anilines is 1. The molecule has 0 aromatic heterocycles. The summed E-state index contributed by atoms with van der Waals surface area (Å²) in [7, 11) is 1.24. The number of carbonyl (C=O) groups excluding carboxylic acids is 2. The third kappa shape index (κ3) is 5.07. The summed E-state index contributed by atoms with van der Waals surface area (Å²) in [6, 6.07) is 13.4. The average Bonchev–Trinajstić information content (AvgIpc) is 2.61. The highest BCUT2D eigenvalue weighted by Crippen LogP contribution is 2.16. The summed E-state index contributed by atoms with van der Waals surface area (Å²) >= 11 is 0. The van der Waals surface area contributed by atoms with Crippen molar-refractivity contribution in [3.05, 3.63) is 65.7 Å². The van der Waals surface area contributed by atoms with Gasteiger partial charge in [0, 0.05) is 6.42 Å². The van der Waals surface area contributed by atoms with Crippen molar-refractivity contribution in [3.8, 4) is 0 Å². The standard InChI is InChI=1S/C18H18N2O5/c1-25-17(23)13-9-5-6-10-14(13)19-18(24)20-15(16(21)22)11-12-7-3-2-4-8-12/h2-10,15H,11H2,1H3,(H,21,22)(H2,19,20,24). The monoisotopic (exact) mass is 342 g/mol. The van der Waals surface area contributed by atoms with Crippen LogP contribution in [-0.4, -0.2) is 36.2 Å². The lowest BCUT2D eigenvalue weighted by atomic mass is 10.1. The fourth-order valence-electron chi connectivity index (χ4n) is 2.25. The van der Waals surface area contributed by atoms with Gasteiger partial charge in [-0.1, -0.05) is 42.5 Å². The molecular formula is C18H18N2O5. The number of amides is 2. The number of aliphatic carboxylic acids is 1. The van der Waals surface area contributed by atoms with Crippen molar-refractivity contribution in [2.75, 3.05) is 12.4 Å². The highest BCUT2D eigenvalue weighted by molar-refractivity contribution is 6.01. The lowest BCUT2D eigenvalue weighted by Crippen LogP contribution is -2.44. The van der Waals surface area contributed by atoms with E-state index < -0.39 is 24.0 Å². The quantitative estimate of drug-likeness (QED) is 0.699. The molecule has 2 aromatic carbocycles. The van der Waals surface area contributed by atoms with Crippen LogP contribution in [0.3, 0.4) is 0 Å². The van der Waals surface area contributed by atoms with E-state index in [1.807, 2.05) is 6.07 Å². The number of carboxylic acids is 1. The number of rotatable bonds is 6. The van der Waals surface area contributed by atoms with Crippen LogP contribution in [0.25, 0.3) is 0 Å². The van der Waals surface area contributed by atoms with Crippen LogP contribution in [0.1, 0.15) is 15.9 Å². The number of ether oxygens (including phenoxy) is 1. The van der Waals surface area contributed by atoms with Crippen LogP contribution in [0.2, 0.25) is 0 Å². The number of para-hydroxylation sites is 1. The molecule has 1 unspecified atom stereocenters. The van der Waals surface area contributed by atoms with Gasteiger partial charge in [0.25, 0.3) is 0 Å². The Morgan fingerprint density at radius 2 is 1.68 bits per heavy atom. The van der Waals surface area contributed by atoms with Crippen LogP contribution in [0.5, 0.6) is 0 Å². The first-order chi connectivity index (χ1) is 12.0. The summed E-state index contributed by atoms with van der Waals surface area (Å²) in [5.41, 5.74) is 1.19. The van der Waals surface area contributed by atoms with E-state index in [0.29, 0.717) is 0 Å². The molecule has 7 heteroatoms. The molecule has 3 N–H and O–H groups in total. The van der Waals surface area contributed by atoms with E-state index in [1.54, 1.807) is 36.4 Å². The lowest BCUT2D eigenvalue weighted by molar-refractivity contribution is -0.139. The predicted octanol–water partition coefficient (Wildman–Crippen LogP) is 2.29. The molecule has 2 aromatic rings. The van der Waals surface area contributed by atoms with Crippen LogP contribution in [0.4, 0.5) is 10.5 Å². The maximum atomic E-state index is 12.1. The highest BCUT2D eigenvalue weighted by atomic mass is 16.5. The maximum absolute atomic E-state index is 12.1. The Hall–Kier alpha value is -3.35.